The van der Waals surface area contributed by atoms with Gasteiger partial charge in [-0.3, -0.25) is 0 Å². The van der Waals surface area contributed by atoms with E-state index in [4.69, 9.17) is 0 Å². The Kier molecular flexibility index (Phi) is 4.45. The summed E-state index contributed by atoms with van der Waals surface area (Å²) in [6, 6.07) is 4.00. The SMILES string of the molecule is CNC(c1ccc(F)cc1F)c1c(F)cc(Br)cc1F. The topological polar surface area (TPSA) is 12.0 Å². The third kappa shape index (κ3) is 2.86. The van der Waals surface area contributed by atoms with E-state index < -0.39 is 29.3 Å². The Hall–Kier alpha value is -1.40. The van der Waals surface area contributed by atoms with Crippen molar-refractivity contribution in [3.63, 3.8) is 0 Å². The molecule has 106 valence electrons. The van der Waals surface area contributed by atoms with Gasteiger partial charge >= 0.3 is 0 Å². The van der Waals surface area contributed by atoms with E-state index >= 15 is 0 Å². The lowest BCUT2D eigenvalue weighted by atomic mass is 9.97. The molecule has 20 heavy (non-hydrogen) atoms. The third-order valence-corrected chi connectivity index (χ3v) is 3.35. The van der Waals surface area contributed by atoms with Crippen LogP contribution in [0.1, 0.15) is 17.2 Å². The quantitative estimate of drug-likeness (QED) is 0.815. The Labute approximate surface area is 121 Å². The molecule has 0 bridgehead atoms. The summed E-state index contributed by atoms with van der Waals surface area (Å²) in [5, 5.41) is 2.64. The highest BCUT2D eigenvalue weighted by molar-refractivity contribution is 9.10. The molecule has 0 aliphatic heterocycles. The van der Waals surface area contributed by atoms with Gasteiger partial charge in [0.1, 0.15) is 23.3 Å². The van der Waals surface area contributed by atoms with Crippen molar-refractivity contribution in [3.05, 3.63) is 69.2 Å². The van der Waals surface area contributed by atoms with Crippen LogP contribution in [0, 0.1) is 23.3 Å². The molecule has 2 aromatic carbocycles. The minimum absolute atomic E-state index is 0.0333. The maximum atomic E-state index is 13.9. The largest absolute Gasteiger partial charge is 0.309 e. The van der Waals surface area contributed by atoms with E-state index in [0.29, 0.717) is 6.07 Å². The minimum atomic E-state index is -1.05. The van der Waals surface area contributed by atoms with E-state index in [1.54, 1.807) is 0 Å². The van der Waals surface area contributed by atoms with Crippen molar-refractivity contribution < 1.29 is 17.6 Å². The van der Waals surface area contributed by atoms with E-state index in [1.165, 1.54) is 7.05 Å². The molecule has 2 rings (SSSR count). The molecule has 2 aromatic rings. The lowest BCUT2D eigenvalue weighted by Crippen LogP contribution is -2.21. The molecule has 0 saturated heterocycles. The maximum absolute atomic E-state index is 13.9. The highest BCUT2D eigenvalue weighted by Crippen LogP contribution is 2.30. The summed E-state index contributed by atoms with van der Waals surface area (Å²) in [6.45, 7) is 0. The standard InChI is InChI=1S/C14H10BrF4N/c1-20-14(9-3-2-8(16)6-10(9)17)13-11(18)4-7(15)5-12(13)19/h2-6,14,20H,1H3. The van der Waals surface area contributed by atoms with E-state index in [-0.39, 0.29) is 15.6 Å². The minimum Gasteiger partial charge on any atom is -0.309 e. The summed E-state index contributed by atoms with van der Waals surface area (Å²) >= 11 is 2.97. The number of nitrogens with one attached hydrogen (secondary N) is 1. The van der Waals surface area contributed by atoms with Crippen LogP contribution in [-0.2, 0) is 0 Å². The van der Waals surface area contributed by atoms with Gasteiger partial charge in [-0.25, -0.2) is 17.6 Å². The van der Waals surface area contributed by atoms with Gasteiger partial charge in [-0.15, -0.1) is 0 Å². The molecule has 0 aliphatic carbocycles. The molecular formula is C14H10BrF4N. The van der Waals surface area contributed by atoms with Gasteiger partial charge in [0, 0.05) is 21.7 Å². The van der Waals surface area contributed by atoms with Gasteiger partial charge in [-0.05, 0) is 25.2 Å². The van der Waals surface area contributed by atoms with Gasteiger partial charge in [0.15, 0.2) is 0 Å². The van der Waals surface area contributed by atoms with Crippen molar-refractivity contribution in [3.8, 4) is 0 Å². The van der Waals surface area contributed by atoms with Crippen LogP contribution in [0.15, 0.2) is 34.8 Å². The second-order valence-corrected chi connectivity index (χ2v) is 5.09. The molecule has 1 unspecified atom stereocenters. The van der Waals surface area contributed by atoms with Crippen molar-refractivity contribution in [2.45, 2.75) is 6.04 Å². The first-order valence-corrected chi connectivity index (χ1v) is 6.50. The van der Waals surface area contributed by atoms with Crippen LogP contribution in [0.25, 0.3) is 0 Å². The van der Waals surface area contributed by atoms with Gasteiger partial charge < -0.3 is 5.32 Å². The molecule has 1 atom stereocenters. The zero-order valence-corrected chi connectivity index (χ0v) is 11.9. The number of halogens is 5. The molecule has 0 spiro atoms. The van der Waals surface area contributed by atoms with Crippen molar-refractivity contribution >= 4 is 15.9 Å². The molecule has 1 N–H and O–H groups in total. The molecule has 0 amide bonds. The Morgan fingerprint density at radius 3 is 2.05 bits per heavy atom. The fraction of sp³-hybridized carbons (Fsp3) is 0.143. The lowest BCUT2D eigenvalue weighted by Gasteiger charge is -2.19. The first kappa shape index (κ1) is 15.0. The number of benzene rings is 2. The fourth-order valence-electron chi connectivity index (χ4n) is 2.02. The van der Waals surface area contributed by atoms with Crippen LogP contribution in [0.3, 0.4) is 0 Å². The molecular weight excluding hydrogens is 338 g/mol. The number of hydrogen-bond donors (Lipinski definition) is 1. The van der Waals surface area contributed by atoms with Gasteiger partial charge in [0.05, 0.1) is 6.04 Å². The number of hydrogen-bond acceptors (Lipinski definition) is 1. The summed E-state index contributed by atoms with van der Waals surface area (Å²) in [6.07, 6.45) is 0. The molecule has 0 aromatic heterocycles. The van der Waals surface area contributed by atoms with Crippen molar-refractivity contribution in [2.75, 3.05) is 7.05 Å². The normalized spacial score (nSPS) is 12.5. The Balaban J connectivity index is 2.58. The van der Waals surface area contributed by atoms with Gasteiger partial charge in [-0.1, -0.05) is 22.0 Å². The molecule has 6 heteroatoms. The maximum Gasteiger partial charge on any atom is 0.132 e. The highest BCUT2D eigenvalue weighted by Gasteiger charge is 2.24. The van der Waals surface area contributed by atoms with Crippen molar-refractivity contribution in [2.24, 2.45) is 0 Å². The van der Waals surface area contributed by atoms with Crippen molar-refractivity contribution in [1.29, 1.82) is 0 Å². The van der Waals surface area contributed by atoms with Crippen LogP contribution in [0.2, 0.25) is 0 Å². The zero-order valence-electron chi connectivity index (χ0n) is 10.4. The zero-order chi connectivity index (χ0) is 14.9. The van der Waals surface area contributed by atoms with Crippen LogP contribution < -0.4 is 5.32 Å². The Morgan fingerprint density at radius 1 is 0.950 bits per heavy atom. The summed E-state index contributed by atoms with van der Waals surface area (Å²) in [4.78, 5) is 0. The summed E-state index contributed by atoms with van der Waals surface area (Å²) in [5.41, 5.74) is -0.352. The van der Waals surface area contributed by atoms with Gasteiger partial charge in [-0.2, -0.15) is 0 Å². The molecule has 0 aliphatic rings. The van der Waals surface area contributed by atoms with Crippen molar-refractivity contribution in [1.82, 2.24) is 5.32 Å². The first-order valence-electron chi connectivity index (χ1n) is 5.70. The third-order valence-electron chi connectivity index (χ3n) is 2.89. The van der Waals surface area contributed by atoms with Crippen LogP contribution in [0.5, 0.6) is 0 Å². The Bertz CT molecular complexity index is 622. The van der Waals surface area contributed by atoms with E-state index in [0.717, 1.165) is 24.3 Å². The van der Waals surface area contributed by atoms with E-state index in [2.05, 4.69) is 21.2 Å². The molecule has 0 fully saturated rings. The molecule has 1 nitrogen and oxygen atoms in total. The van der Waals surface area contributed by atoms with Crippen LogP contribution >= 0.6 is 15.9 Å². The second-order valence-electron chi connectivity index (χ2n) is 4.17. The summed E-state index contributed by atoms with van der Waals surface area (Å²) < 4.78 is 54.8. The molecule has 0 heterocycles. The lowest BCUT2D eigenvalue weighted by molar-refractivity contribution is 0.503. The van der Waals surface area contributed by atoms with Crippen LogP contribution in [-0.4, -0.2) is 7.05 Å². The first-order chi connectivity index (χ1) is 9.43. The monoisotopic (exact) mass is 347 g/mol. The predicted molar refractivity (Wildman–Crippen MR) is 71.3 cm³/mol. The average Bonchev–Trinajstić information content (AvgIpc) is 2.34. The van der Waals surface area contributed by atoms with Crippen LogP contribution in [0.4, 0.5) is 17.6 Å². The highest BCUT2D eigenvalue weighted by atomic mass is 79.9. The summed E-state index contributed by atoms with van der Waals surface area (Å²) in [7, 11) is 1.44. The number of rotatable bonds is 3. The average molecular weight is 348 g/mol. The van der Waals surface area contributed by atoms with Gasteiger partial charge in [0.25, 0.3) is 0 Å². The molecule has 0 radical (unpaired) electrons. The van der Waals surface area contributed by atoms with Gasteiger partial charge in [0.2, 0.25) is 0 Å². The predicted octanol–water partition coefficient (Wildman–Crippen LogP) is 4.31. The fourth-order valence-corrected chi connectivity index (χ4v) is 2.42. The van der Waals surface area contributed by atoms with E-state index in [9.17, 15) is 17.6 Å². The Morgan fingerprint density at radius 2 is 1.55 bits per heavy atom. The summed E-state index contributed by atoms with van der Waals surface area (Å²) in [5.74, 6) is -3.26. The smallest absolute Gasteiger partial charge is 0.132 e. The second kappa shape index (κ2) is 5.93. The molecule has 0 saturated carbocycles. The van der Waals surface area contributed by atoms with E-state index in [1.807, 2.05) is 0 Å².